The molecule has 2 heterocycles. The Kier molecular flexibility index (Phi) is 19.3. The average Bonchev–Trinajstić information content (AvgIpc) is 4.01. The Hall–Kier alpha value is -5.14. The predicted octanol–water partition coefficient (Wildman–Crippen LogP) is 3.23. The van der Waals surface area contributed by atoms with Gasteiger partial charge in [0.05, 0.1) is 32.4 Å². The molecule has 0 radical (unpaired) electrons. The third kappa shape index (κ3) is 16.2. The minimum atomic E-state index is -1.51. The number of Topliss-reactive ketones (excluding diaryl/α,β-unsaturated/α-hetero) is 1. The van der Waals surface area contributed by atoms with Crippen LogP contribution >= 0.6 is 0 Å². The first kappa shape index (κ1) is 50.5. The summed E-state index contributed by atoms with van der Waals surface area (Å²) < 4.78 is 22.2. The molecule has 2 aromatic carbocycles. The van der Waals surface area contributed by atoms with Gasteiger partial charge >= 0.3 is 5.97 Å². The number of carbonyl (C=O) groups excluding carboxylic acids is 6. The molecule has 4 amide bonds. The van der Waals surface area contributed by atoms with E-state index in [2.05, 4.69) is 21.9 Å². The van der Waals surface area contributed by atoms with Gasteiger partial charge in [0.25, 0.3) is 0 Å². The zero-order chi connectivity index (χ0) is 46.2. The van der Waals surface area contributed by atoms with Gasteiger partial charge in [-0.3, -0.25) is 33.8 Å². The molecule has 5 atom stereocenters. The molecule has 344 valence electrons. The highest BCUT2D eigenvalue weighted by atomic mass is 16.6. The maximum absolute atomic E-state index is 15.1. The summed E-state index contributed by atoms with van der Waals surface area (Å²) in [6.07, 6.45) is 6.44. The van der Waals surface area contributed by atoms with Crippen molar-refractivity contribution in [1.82, 2.24) is 25.8 Å². The lowest BCUT2D eigenvalue weighted by atomic mass is 9.93. The van der Waals surface area contributed by atoms with Crippen molar-refractivity contribution in [3.05, 3.63) is 71.8 Å². The summed E-state index contributed by atoms with van der Waals surface area (Å²) in [5.41, 5.74) is -0.851. The number of nitrogens with zero attached hydrogens (tertiary/aromatic N) is 2. The zero-order valence-electron chi connectivity index (χ0n) is 38.0. The number of terminal acetylenes is 1. The van der Waals surface area contributed by atoms with Crippen molar-refractivity contribution in [3.63, 3.8) is 0 Å². The summed E-state index contributed by atoms with van der Waals surface area (Å²) in [6.45, 7) is 13.7. The third-order valence-corrected chi connectivity index (χ3v) is 11.0. The van der Waals surface area contributed by atoms with Crippen molar-refractivity contribution in [2.45, 2.75) is 116 Å². The van der Waals surface area contributed by atoms with Crippen molar-refractivity contribution in [2.75, 3.05) is 52.8 Å². The fourth-order valence-electron chi connectivity index (χ4n) is 7.25. The molecule has 2 aliphatic rings. The van der Waals surface area contributed by atoms with Crippen LogP contribution in [-0.2, 0) is 60.6 Å². The van der Waals surface area contributed by atoms with Gasteiger partial charge in [-0.2, -0.15) is 0 Å². The SMILES string of the molecule is C#CCOC(C)(C)C(=O)OCN(C(=O)[C@H](CCc1ccccc1)NC(=O)CN1CCOCC1)[C@@H](CC(C)C)C(=O)N[C@@H](Cc1ccccc1)C(=O)N[C@@H](CC(C)C)C(=O)[C@@]1(C)CO1. The molecule has 0 saturated carbocycles. The summed E-state index contributed by atoms with van der Waals surface area (Å²) in [5, 5.41) is 8.75. The lowest BCUT2D eigenvalue weighted by Gasteiger charge is -2.36. The molecule has 0 spiro atoms. The molecule has 0 aromatic heterocycles. The number of nitrogens with one attached hydrogen (secondary N) is 3. The monoisotopic (exact) mass is 873 g/mol. The minimum absolute atomic E-state index is 0.0198. The fraction of sp³-hybridized carbons (Fsp3) is 0.583. The van der Waals surface area contributed by atoms with Crippen LogP contribution in [0.15, 0.2) is 60.7 Å². The Balaban J connectivity index is 1.72. The van der Waals surface area contributed by atoms with Gasteiger partial charge < -0.3 is 34.9 Å². The van der Waals surface area contributed by atoms with E-state index in [-0.39, 0.29) is 56.6 Å². The first-order valence-corrected chi connectivity index (χ1v) is 21.9. The second-order valence-electron chi connectivity index (χ2n) is 17.9. The number of aryl methyl sites for hydroxylation is 1. The number of esters is 1. The standard InChI is InChI=1S/C48H67N5O10/c1-9-24-62-47(6,7)46(59)61-32-53(45(58)37(21-20-35-16-12-10-13-17-35)49-41(54)30-52-22-25-60-26-23-52)40(28-34(4)5)44(57)51-39(29-36-18-14-11-15-19-36)43(56)50-38(27-33(2)3)42(55)48(8)31-63-48/h1,10-19,33-34,37-40H,20-32H2,2-8H3,(H,49,54)(H,50,56)(H,51,57)/t37-,38-,39-,40-,48+/m0/s1. The summed E-state index contributed by atoms with van der Waals surface area (Å²) >= 11 is 0. The van der Waals surface area contributed by atoms with Gasteiger partial charge in [0, 0.05) is 19.5 Å². The Morgan fingerprint density at radius 1 is 0.841 bits per heavy atom. The largest absolute Gasteiger partial charge is 0.442 e. The Bertz CT molecular complexity index is 1870. The van der Waals surface area contributed by atoms with Crippen molar-refractivity contribution >= 4 is 35.4 Å². The maximum Gasteiger partial charge on any atom is 0.339 e. The second-order valence-corrected chi connectivity index (χ2v) is 17.9. The summed E-state index contributed by atoms with van der Waals surface area (Å²) in [6, 6.07) is 14.1. The second kappa shape index (κ2) is 24.1. The molecule has 4 rings (SSSR count). The first-order chi connectivity index (χ1) is 29.9. The number of hydrogen-bond donors (Lipinski definition) is 3. The number of ether oxygens (including phenoxy) is 4. The van der Waals surface area contributed by atoms with E-state index in [4.69, 9.17) is 25.4 Å². The molecule has 2 saturated heterocycles. The topological polar surface area (TPSA) is 185 Å². The molecule has 2 aromatic rings. The molecule has 2 fully saturated rings. The van der Waals surface area contributed by atoms with Crippen molar-refractivity contribution in [1.29, 1.82) is 0 Å². The van der Waals surface area contributed by atoms with E-state index in [9.17, 15) is 24.0 Å². The van der Waals surface area contributed by atoms with Gasteiger partial charge in [-0.15, -0.1) is 6.42 Å². The van der Waals surface area contributed by atoms with Crippen molar-refractivity contribution in [3.8, 4) is 12.3 Å². The first-order valence-electron chi connectivity index (χ1n) is 21.9. The number of epoxide rings is 1. The Morgan fingerprint density at radius 3 is 2.00 bits per heavy atom. The zero-order valence-corrected chi connectivity index (χ0v) is 38.0. The fourth-order valence-corrected chi connectivity index (χ4v) is 7.25. The summed E-state index contributed by atoms with van der Waals surface area (Å²) in [5.74, 6) is -1.25. The van der Waals surface area contributed by atoms with E-state index in [1.807, 2.05) is 93.3 Å². The van der Waals surface area contributed by atoms with Crippen LogP contribution in [0.3, 0.4) is 0 Å². The Morgan fingerprint density at radius 2 is 1.43 bits per heavy atom. The number of benzene rings is 2. The van der Waals surface area contributed by atoms with E-state index in [0.29, 0.717) is 39.1 Å². The molecule has 63 heavy (non-hydrogen) atoms. The van der Waals surface area contributed by atoms with Crippen LogP contribution in [0.4, 0.5) is 0 Å². The molecule has 3 N–H and O–H groups in total. The Labute approximate surface area is 372 Å². The third-order valence-electron chi connectivity index (χ3n) is 11.0. The molecule has 15 nitrogen and oxygen atoms in total. The lowest BCUT2D eigenvalue weighted by Crippen LogP contribution is -2.61. The number of rotatable bonds is 25. The van der Waals surface area contributed by atoms with E-state index in [1.54, 1.807) is 6.92 Å². The highest BCUT2D eigenvalue weighted by Gasteiger charge is 2.50. The highest BCUT2D eigenvalue weighted by molar-refractivity contribution is 5.99. The predicted molar refractivity (Wildman–Crippen MR) is 237 cm³/mol. The molecular formula is C48H67N5O10. The molecule has 0 bridgehead atoms. The van der Waals surface area contributed by atoms with Crippen LogP contribution < -0.4 is 16.0 Å². The number of amides is 4. The average molecular weight is 874 g/mol. The summed E-state index contributed by atoms with van der Waals surface area (Å²) in [7, 11) is 0. The quantitative estimate of drug-likeness (QED) is 0.0576. The van der Waals surface area contributed by atoms with E-state index < -0.39 is 71.7 Å². The van der Waals surface area contributed by atoms with Gasteiger partial charge in [-0.1, -0.05) is 94.3 Å². The number of morpholine rings is 1. The molecule has 2 aliphatic heterocycles. The van der Waals surface area contributed by atoms with Gasteiger partial charge in [0.15, 0.2) is 18.1 Å². The van der Waals surface area contributed by atoms with Gasteiger partial charge in [-0.25, -0.2) is 4.79 Å². The van der Waals surface area contributed by atoms with E-state index >= 15 is 4.79 Å². The molecule has 15 heteroatoms. The van der Waals surface area contributed by atoms with Crippen molar-refractivity contribution in [2.24, 2.45) is 11.8 Å². The van der Waals surface area contributed by atoms with Gasteiger partial charge in [0.1, 0.15) is 30.3 Å². The van der Waals surface area contributed by atoms with Gasteiger partial charge in [-0.05, 0) is 69.4 Å². The lowest BCUT2D eigenvalue weighted by molar-refractivity contribution is -0.176. The van der Waals surface area contributed by atoms with Crippen LogP contribution in [0.2, 0.25) is 0 Å². The minimum Gasteiger partial charge on any atom is -0.442 e. The van der Waals surface area contributed by atoms with Crippen LogP contribution in [0.1, 0.15) is 78.9 Å². The summed E-state index contributed by atoms with van der Waals surface area (Å²) in [4.78, 5) is 88.2. The smallest absolute Gasteiger partial charge is 0.339 e. The molecule has 0 aliphatic carbocycles. The number of hydrogen-bond acceptors (Lipinski definition) is 11. The van der Waals surface area contributed by atoms with Crippen molar-refractivity contribution < 1.29 is 47.7 Å². The normalized spacial score (nSPS) is 18.3. The van der Waals surface area contributed by atoms with Gasteiger partial charge in [0.2, 0.25) is 23.6 Å². The highest BCUT2D eigenvalue weighted by Crippen LogP contribution is 2.30. The van der Waals surface area contributed by atoms with Crippen LogP contribution in [-0.4, -0.2) is 133 Å². The molecular weight excluding hydrogens is 807 g/mol. The molecule has 0 unspecified atom stereocenters. The van der Waals surface area contributed by atoms with E-state index in [0.717, 1.165) is 16.0 Å². The van der Waals surface area contributed by atoms with E-state index in [1.165, 1.54) is 13.8 Å². The van der Waals surface area contributed by atoms with Crippen LogP contribution in [0.5, 0.6) is 0 Å². The van der Waals surface area contributed by atoms with Crippen LogP contribution in [0.25, 0.3) is 0 Å². The maximum atomic E-state index is 15.1. The number of carbonyl (C=O) groups is 6. The number of ketones is 1. The van der Waals surface area contributed by atoms with Crippen LogP contribution in [0, 0.1) is 24.2 Å².